The maximum atomic E-state index is 13.4. The molecule has 7 nitrogen and oxygen atoms in total. The predicted molar refractivity (Wildman–Crippen MR) is 124 cm³/mol. The zero-order valence-electron chi connectivity index (χ0n) is 19.5. The number of rotatable bonds is 11. The summed E-state index contributed by atoms with van der Waals surface area (Å²) in [5.74, 6) is 1.46. The number of hydrogen-bond acceptors (Lipinski definition) is 5. The molecule has 0 bridgehead atoms. The Hall–Kier alpha value is -3.55. The van der Waals surface area contributed by atoms with Gasteiger partial charge >= 0.3 is 0 Å². The highest BCUT2D eigenvalue weighted by Crippen LogP contribution is 2.40. The summed E-state index contributed by atoms with van der Waals surface area (Å²) in [6, 6.07) is 12.0. The Kier molecular flexibility index (Phi) is 8.29. The van der Waals surface area contributed by atoms with Gasteiger partial charge in [0.25, 0.3) is 0 Å². The zero-order valence-corrected chi connectivity index (χ0v) is 19.5. The van der Waals surface area contributed by atoms with Crippen LogP contribution in [0.2, 0.25) is 0 Å². The van der Waals surface area contributed by atoms with E-state index in [-0.39, 0.29) is 11.7 Å². The molecular weight excluding hydrogens is 425 g/mol. The fourth-order valence-electron chi connectivity index (χ4n) is 3.71. The number of methoxy groups -OCH3 is 3. The number of aromatic nitrogens is 2. The van der Waals surface area contributed by atoms with Crippen LogP contribution in [0.5, 0.6) is 17.2 Å². The standard InChI is InChI=1S/C25H30FN3O4/c1-29(14-6-9-20-16-21(28-27-20)18-7-5-8-19(26)15-18)23(30)13-11-17-10-12-22(31-2)25(33-4)24(17)32-3/h5,7-8,10,12,15-16H,6,9,11,13-14H2,1-4H3,(H,27,28). The van der Waals surface area contributed by atoms with Crippen LogP contribution in [-0.2, 0) is 17.6 Å². The van der Waals surface area contributed by atoms with Gasteiger partial charge in [-0.1, -0.05) is 18.2 Å². The topological polar surface area (TPSA) is 76.7 Å². The van der Waals surface area contributed by atoms with E-state index in [1.165, 1.54) is 12.1 Å². The van der Waals surface area contributed by atoms with Crippen LogP contribution in [0.3, 0.4) is 0 Å². The molecule has 1 aromatic heterocycles. The van der Waals surface area contributed by atoms with Crippen molar-refractivity contribution in [2.45, 2.75) is 25.7 Å². The molecule has 0 saturated carbocycles. The van der Waals surface area contributed by atoms with Crippen LogP contribution < -0.4 is 14.2 Å². The Labute approximate surface area is 193 Å². The lowest BCUT2D eigenvalue weighted by molar-refractivity contribution is -0.129. The Morgan fingerprint density at radius 3 is 2.52 bits per heavy atom. The summed E-state index contributed by atoms with van der Waals surface area (Å²) in [5.41, 5.74) is 3.28. The lowest BCUT2D eigenvalue weighted by Gasteiger charge is -2.18. The molecule has 8 heteroatoms. The highest BCUT2D eigenvalue weighted by molar-refractivity contribution is 5.76. The molecule has 0 saturated heterocycles. The summed E-state index contributed by atoms with van der Waals surface area (Å²) >= 11 is 0. The molecular formula is C25H30FN3O4. The van der Waals surface area contributed by atoms with Crippen LogP contribution >= 0.6 is 0 Å². The number of carbonyl (C=O) groups excluding carboxylic acids is 1. The number of amides is 1. The number of aromatic amines is 1. The average Bonchev–Trinajstić information content (AvgIpc) is 3.30. The highest BCUT2D eigenvalue weighted by Gasteiger charge is 2.17. The van der Waals surface area contributed by atoms with Gasteiger partial charge in [-0.15, -0.1) is 0 Å². The molecule has 1 amide bonds. The van der Waals surface area contributed by atoms with E-state index >= 15 is 0 Å². The number of nitrogens with zero attached hydrogens (tertiary/aromatic N) is 2. The highest BCUT2D eigenvalue weighted by atomic mass is 19.1. The minimum absolute atomic E-state index is 0.0527. The first-order valence-corrected chi connectivity index (χ1v) is 10.8. The van der Waals surface area contributed by atoms with Gasteiger partial charge in [0.15, 0.2) is 11.5 Å². The van der Waals surface area contributed by atoms with Crippen LogP contribution in [-0.4, -0.2) is 55.9 Å². The molecule has 1 heterocycles. The first-order valence-electron chi connectivity index (χ1n) is 10.8. The molecule has 0 aliphatic carbocycles. The molecule has 0 atom stereocenters. The summed E-state index contributed by atoms with van der Waals surface area (Å²) in [4.78, 5) is 14.4. The van der Waals surface area contributed by atoms with Crippen molar-refractivity contribution >= 4 is 5.91 Å². The minimum atomic E-state index is -0.289. The molecule has 0 unspecified atom stereocenters. The summed E-state index contributed by atoms with van der Waals surface area (Å²) in [6.45, 7) is 0.621. The quantitative estimate of drug-likeness (QED) is 0.467. The molecule has 2 aromatic carbocycles. The third kappa shape index (κ3) is 6.03. The van der Waals surface area contributed by atoms with Gasteiger partial charge in [0.05, 0.1) is 27.0 Å². The Balaban J connectivity index is 1.50. The van der Waals surface area contributed by atoms with E-state index in [1.807, 2.05) is 24.3 Å². The number of hydrogen-bond donors (Lipinski definition) is 1. The van der Waals surface area contributed by atoms with Crippen molar-refractivity contribution in [3.05, 3.63) is 59.5 Å². The molecule has 33 heavy (non-hydrogen) atoms. The van der Waals surface area contributed by atoms with Crippen molar-refractivity contribution in [1.82, 2.24) is 15.1 Å². The summed E-state index contributed by atoms with van der Waals surface area (Å²) in [5, 5.41) is 7.26. The van der Waals surface area contributed by atoms with E-state index < -0.39 is 0 Å². The second-order valence-electron chi connectivity index (χ2n) is 7.70. The van der Waals surface area contributed by atoms with Gasteiger partial charge in [0.1, 0.15) is 5.82 Å². The lowest BCUT2D eigenvalue weighted by Crippen LogP contribution is -2.28. The fraction of sp³-hybridized carbons (Fsp3) is 0.360. The second kappa shape index (κ2) is 11.4. The third-order valence-corrected chi connectivity index (χ3v) is 5.51. The first kappa shape index (κ1) is 24.1. The number of nitrogens with one attached hydrogen (secondary N) is 1. The number of aryl methyl sites for hydroxylation is 2. The Morgan fingerprint density at radius 1 is 1.03 bits per heavy atom. The first-order chi connectivity index (χ1) is 16.0. The number of ether oxygens (including phenoxy) is 3. The molecule has 1 N–H and O–H groups in total. The fourth-order valence-corrected chi connectivity index (χ4v) is 3.71. The number of carbonyl (C=O) groups is 1. The summed E-state index contributed by atoms with van der Waals surface area (Å²) in [6.07, 6.45) is 2.41. The van der Waals surface area contributed by atoms with Crippen molar-refractivity contribution in [1.29, 1.82) is 0 Å². The van der Waals surface area contributed by atoms with Gasteiger partial charge in [-0.25, -0.2) is 4.39 Å². The van der Waals surface area contributed by atoms with Gasteiger partial charge in [0.2, 0.25) is 11.7 Å². The Bertz CT molecular complexity index is 1080. The molecule has 0 aliphatic heterocycles. The van der Waals surface area contributed by atoms with Crippen molar-refractivity contribution in [2.75, 3.05) is 34.9 Å². The van der Waals surface area contributed by atoms with E-state index in [0.717, 1.165) is 29.7 Å². The molecule has 3 aromatic rings. The molecule has 0 fully saturated rings. The average molecular weight is 456 g/mol. The second-order valence-corrected chi connectivity index (χ2v) is 7.70. The van der Waals surface area contributed by atoms with Crippen LogP contribution in [0.4, 0.5) is 4.39 Å². The predicted octanol–water partition coefficient (Wildman–Crippen LogP) is 4.27. The van der Waals surface area contributed by atoms with Gasteiger partial charge < -0.3 is 19.1 Å². The SMILES string of the molecule is COc1ccc(CCC(=O)N(C)CCCc2cc(-c3cccc(F)c3)n[nH]2)c(OC)c1OC. The van der Waals surface area contributed by atoms with Gasteiger partial charge in [-0.3, -0.25) is 9.89 Å². The van der Waals surface area contributed by atoms with Crippen molar-refractivity contribution in [2.24, 2.45) is 0 Å². The van der Waals surface area contributed by atoms with E-state index in [4.69, 9.17) is 14.2 Å². The maximum Gasteiger partial charge on any atom is 0.222 e. The third-order valence-electron chi connectivity index (χ3n) is 5.51. The van der Waals surface area contributed by atoms with E-state index in [1.54, 1.807) is 39.3 Å². The number of halogens is 1. The van der Waals surface area contributed by atoms with Crippen LogP contribution in [0.15, 0.2) is 42.5 Å². The molecule has 0 radical (unpaired) electrons. The Morgan fingerprint density at radius 2 is 1.82 bits per heavy atom. The van der Waals surface area contributed by atoms with Crippen molar-refractivity contribution in [3.8, 4) is 28.5 Å². The number of benzene rings is 2. The monoisotopic (exact) mass is 455 g/mol. The summed E-state index contributed by atoms with van der Waals surface area (Å²) < 4.78 is 29.6. The van der Waals surface area contributed by atoms with Gasteiger partial charge in [-0.2, -0.15) is 5.10 Å². The molecule has 3 rings (SSSR count). The van der Waals surface area contributed by atoms with Crippen molar-refractivity contribution < 1.29 is 23.4 Å². The smallest absolute Gasteiger partial charge is 0.222 e. The van der Waals surface area contributed by atoms with Crippen molar-refractivity contribution in [3.63, 3.8) is 0 Å². The summed E-state index contributed by atoms with van der Waals surface area (Å²) in [7, 11) is 6.51. The molecule has 176 valence electrons. The normalized spacial score (nSPS) is 10.7. The van der Waals surface area contributed by atoms with Gasteiger partial charge in [-0.05, 0) is 49.1 Å². The van der Waals surface area contributed by atoms with E-state index in [0.29, 0.717) is 42.3 Å². The minimum Gasteiger partial charge on any atom is -0.493 e. The van der Waals surface area contributed by atoms with Crippen LogP contribution in [0.1, 0.15) is 24.1 Å². The van der Waals surface area contributed by atoms with E-state index in [9.17, 15) is 9.18 Å². The molecule has 0 aliphatic rings. The van der Waals surface area contributed by atoms with E-state index in [2.05, 4.69) is 10.2 Å². The van der Waals surface area contributed by atoms with Gasteiger partial charge in [0, 0.05) is 31.3 Å². The lowest BCUT2D eigenvalue weighted by atomic mass is 10.1. The van der Waals surface area contributed by atoms with Crippen LogP contribution in [0.25, 0.3) is 11.3 Å². The zero-order chi connectivity index (χ0) is 23.8. The molecule has 0 spiro atoms. The number of H-pyrrole nitrogens is 1. The maximum absolute atomic E-state index is 13.4. The van der Waals surface area contributed by atoms with Crippen LogP contribution in [0, 0.1) is 5.82 Å². The largest absolute Gasteiger partial charge is 0.493 e.